The molecule has 0 spiro atoms. The third kappa shape index (κ3) is 2.68. The predicted molar refractivity (Wildman–Crippen MR) is 62.6 cm³/mol. The largest absolute Gasteiger partial charge is 0.435 e. The van der Waals surface area contributed by atoms with Crippen LogP contribution in [0.15, 0.2) is 24.4 Å². The van der Waals surface area contributed by atoms with E-state index in [1.165, 1.54) is 7.05 Å². The lowest BCUT2D eigenvalue weighted by Gasteiger charge is -2.05. The number of nitrogens with one attached hydrogen (secondary N) is 1. The molecule has 2 heterocycles. The monoisotopic (exact) mass is 287 g/mol. The highest BCUT2D eigenvalue weighted by Crippen LogP contribution is 2.28. The van der Waals surface area contributed by atoms with E-state index in [0.717, 1.165) is 29.1 Å². The molecule has 0 saturated heterocycles. The first-order valence-electron chi connectivity index (χ1n) is 5.29. The number of hydrogen-bond donors (Lipinski definition) is 1. The summed E-state index contributed by atoms with van der Waals surface area (Å²) in [7, 11) is 1.49. The van der Waals surface area contributed by atoms with E-state index in [0.29, 0.717) is 0 Å². The van der Waals surface area contributed by atoms with Crippen molar-refractivity contribution in [3.8, 4) is 5.82 Å². The second kappa shape index (κ2) is 4.79. The lowest BCUT2D eigenvalue weighted by molar-refractivity contribution is -0.384. The zero-order valence-electron chi connectivity index (χ0n) is 10.0. The fourth-order valence-electron chi connectivity index (χ4n) is 1.46. The van der Waals surface area contributed by atoms with Crippen LogP contribution in [0.25, 0.3) is 5.82 Å². The molecule has 7 nitrogen and oxygen atoms in total. The van der Waals surface area contributed by atoms with Gasteiger partial charge in [-0.05, 0) is 6.07 Å². The van der Waals surface area contributed by atoms with E-state index in [-0.39, 0.29) is 17.3 Å². The van der Waals surface area contributed by atoms with Crippen LogP contribution in [0.4, 0.5) is 24.7 Å². The van der Waals surface area contributed by atoms with E-state index in [4.69, 9.17) is 0 Å². The van der Waals surface area contributed by atoms with Crippen molar-refractivity contribution in [1.82, 2.24) is 14.8 Å². The van der Waals surface area contributed by atoms with Gasteiger partial charge in [0.25, 0.3) is 5.69 Å². The molecule has 0 atom stereocenters. The zero-order valence-corrected chi connectivity index (χ0v) is 10.0. The average Bonchev–Trinajstić information content (AvgIpc) is 2.87. The smallest absolute Gasteiger partial charge is 0.373 e. The first-order valence-corrected chi connectivity index (χ1v) is 5.29. The highest BCUT2D eigenvalue weighted by atomic mass is 19.4. The highest BCUT2D eigenvalue weighted by Gasteiger charge is 2.33. The molecule has 0 bridgehead atoms. The molecule has 0 aromatic carbocycles. The number of aromatic nitrogens is 3. The maximum absolute atomic E-state index is 12.5. The fourth-order valence-corrected chi connectivity index (χ4v) is 1.46. The van der Waals surface area contributed by atoms with Gasteiger partial charge in [0.05, 0.1) is 17.1 Å². The molecule has 2 aromatic rings. The molecule has 0 unspecified atom stereocenters. The maximum Gasteiger partial charge on any atom is 0.435 e. The van der Waals surface area contributed by atoms with E-state index in [1.54, 1.807) is 0 Å². The predicted octanol–water partition coefficient (Wildman–Crippen LogP) is 2.24. The van der Waals surface area contributed by atoms with Gasteiger partial charge in [-0.15, -0.1) is 0 Å². The van der Waals surface area contributed by atoms with Crippen molar-refractivity contribution in [3.05, 3.63) is 40.2 Å². The van der Waals surface area contributed by atoms with Gasteiger partial charge in [0.1, 0.15) is 5.82 Å². The SMILES string of the molecule is CNc1cc([N+](=O)[O-])cc(-n2ccc(C(F)(F)F)n2)n1. The summed E-state index contributed by atoms with van der Waals surface area (Å²) >= 11 is 0. The van der Waals surface area contributed by atoms with Gasteiger partial charge in [-0.25, -0.2) is 9.67 Å². The van der Waals surface area contributed by atoms with Gasteiger partial charge < -0.3 is 5.32 Å². The number of alkyl halides is 3. The van der Waals surface area contributed by atoms with Gasteiger partial charge in [-0.2, -0.15) is 18.3 Å². The summed E-state index contributed by atoms with van der Waals surface area (Å²) in [6.07, 6.45) is -3.55. The minimum Gasteiger partial charge on any atom is -0.373 e. The fraction of sp³-hybridized carbons (Fsp3) is 0.200. The molecule has 0 saturated carbocycles. The lowest BCUT2D eigenvalue weighted by atomic mass is 10.3. The molecule has 0 aliphatic carbocycles. The van der Waals surface area contributed by atoms with Crippen LogP contribution < -0.4 is 5.32 Å². The molecule has 2 rings (SSSR count). The second-order valence-corrected chi connectivity index (χ2v) is 3.72. The Labute approximate surface area is 110 Å². The van der Waals surface area contributed by atoms with Crippen molar-refractivity contribution in [2.75, 3.05) is 12.4 Å². The van der Waals surface area contributed by atoms with Crippen molar-refractivity contribution in [1.29, 1.82) is 0 Å². The average molecular weight is 287 g/mol. The Morgan fingerprint density at radius 3 is 2.60 bits per heavy atom. The molecule has 0 aliphatic heterocycles. The molecule has 1 N–H and O–H groups in total. The Morgan fingerprint density at radius 2 is 2.10 bits per heavy atom. The number of rotatable bonds is 3. The molecule has 0 aliphatic rings. The minimum atomic E-state index is -4.59. The molecule has 106 valence electrons. The standard InChI is InChI=1S/C10H8F3N5O2/c1-14-8-4-6(18(19)20)5-9(15-8)17-3-2-7(16-17)10(11,12)13/h2-5H,1H3,(H,14,15). The van der Waals surface area contributed by atoms with E-state index < -0.39 is 16.8 Å². The third-order valence-corrected chi connectivity index (χ3v) is 2.38. The van der Waals surface area contributed by atoms with Gasteiger partial charge in [0.15, 0.2) is 11.5 Å². The van der Waals surface area contributed by atoms with Gasteiger partial charge >= 0.3 is 6.18 Å². The van der Waals surface area contributed by atoms with Gasteiger partial charge in [-0.1, -0.05) is 0 Å². The summed E-state index contributed by atoms with van der Waals surface area (Å²) in [4.78, 5) is 14.0. The zero-order chi connectivity index (χ0) is 14.9. The van der Waals surface area contributed by atoms with E-state index >= 15 is 0 Å². The van der Waals surface area contributed by atoms with Crippen molar-refractivity contribution in [3.63, 3.8) is 0 Å². The maximum atomic E-state index is 12.5. The first-order chi connectivity index (χ1) is 9.31. The quantitative estimate of drug-likeness (QED) is 0.691. The number of nitro groups is 1. The summed E-state index contributed by atoms with van der Waals surface area (Å²) in [6.45, 7) is 0. The van der Waals surface area contributed by atoms with Crippen LogP contribution in [-0.2, 0) is 6.18 Å². The van der Waals surface area contributed by atoms with Crippen LogP contribution in [0, 0.1) is 10.1 Å². The van der Waals surface area contributed by atoms with Crippen LogP contribution in [0.3, 0.4) is 0 Å². The molecular weight excluding hydrogens is 279 g/mol. The molecule has 10 heteroatoms. The Kier molecular flexibility index (Phi) is 3.30. The Hall–Kier alpha value is -2.65. The summed E-state index contributed by atoms with van der Waals surface area (Å²) in [5.74, 6) is 0.0670. The molecule has 0 amide bonds. The number of anilines is 1. The minimum absolute atomic E-state index is 0.0842. The van der Waals surface area contributed by atoms with Crippen LogP contribution in [0.1, 0.15) is 5.69 Å². The third-order valence-electron chi connectivity index (χ3n) is 2.38. The van der Waals surface area contributed by atoms with Crippen LogP contribution >= 0.6 is 0 Å². The number of pyridine rings is 1. The molecular formula is C10H8F3N5O2. The van der Waals surface area contributed by atoms with E-state index in [9.17, 15) is 23.3 Å². The second-order valence-electron chi connectivity index (χ2n) is 3.72. The van der Waals surface area contributed by atoms with E-state index in [1.807, 2.05) is 0 Å². The Morgan fingerprint density at radius 1 is 1.40 bits per heavy atom. The van der Waals surface area contributed by atoms with Gasteiger partial charge in [0, 0.05) is 13.2 Å². The number of hydrogen-bond acceptors (Lipinski definition) is 5. The van der Waals surface area contributed by atoms with E-state index in [2.05, 4.69) is 15.4 Å². The lowest BCUT2D eigenvalue weighted by Crippen LogP contribution is -2.08. The summed E-state index contributed by atoms with van der Waals surface area (Å²) in [6, 6.07) is 2.96. The van der Waals surface area contributed by atoms with Crippen molar-refractivity contribution < 1.29 is 18.1 Å². The number of nitrogens with zero attached hydrogens (tertiary/aromatic N) is 4. The van der Waals surface area contributed by atoms with Crippen LogP contribution in [0.5, 0.6) is 0 Å². The molecule has 0 fully saturated rings. The number of halogens is 3. The van der Waals surface area contributed by atoms with Gasteiger partial charge in [0.2, 0.25) is 0 Å². The summed E-state index contributed by atoms with van der Waals surface area (Å²) in [5.41, 5.74) is -1.40. The Bertz CT molecular complexity index is 653. The van der Waals surface area contributed by atoms with Crippen molar-refractivity contribution in [2.24, 2.45) is 0 Å². The normalized spacial score (nSPS) is 11.4. The molecule has 20 heavy (non-hydrogen) atoms. The first kappa shape index (κ1) is 13.8. The molecule has 2 aromatic heterocycles. The van der Waals surface area contributed by atoms with Crippen LogP contribution in [-0.4, -0.2) is 26.7 Å². The molecule has 0 radical (unpaired) electrons. The van der Waals surface area contributed by atoms with Crippen molar-refractivity contribution in [2.45, 2.75) is 6.18 Å². The summed E-state index contributed by atoms with van der Waals surface area (Å²) < 4.78 is 38.2. The Balaban J connectivity index is 2.49. The topological polar surface area (TPSA) is 85.9 Å². The van der Waals surface area contributed by atoms with Crippen molar-refractivity contribution >= 4 is 11.5 Å². The van der Waals surface area contributed by atoms with Gasteiger partial charge in [-0.3, -0.25) is 10.1 Å². The highest BCUT2D eigenvalue weighted by molar-refractivity contribution is 5.50. The summed E-state index contributed by atoms with van der Waals surface area (Å²) in [5, 5.41) is 16.7. The van der Waals surface area contributed by atoms with Crippen LogP contribution in [0.2, 0.25) is 0 Å².